The minimum Gasteiger partial charge on any atom is -0.390 e. The Bertz CT molecular complexity index is 219. The molecule has 0 aromatic rings. The second-order valence-electron chi connectivity index (χ2n) is 5.06. The summed E-state index contributed by atoms with van der Waals surface area (Å²) in [4.78, 5) is 0. The molecule has 1 nitrogen and oxygen atoms in total. The topological polar surface area (TPSA) is 20.2 Å². The largest absolute Gasteiger partial charge is 0.390 e. The Kier molecular flexibility index (Phi) is 2.50. The van der Waals surface area contributed by atoms with Gasteiger partial charge in [0, 0.05) is 6.42 Å². The van der Waals surface area contributed by atoms with Crippen molar-refractivity contribution in [2.45, 2.75) is 45.6 Å². The van der Waals surface area contributed by atoms with Crippen LogP contribution >= 0.6 is 0 Å². The highest BCUT2D eigenvalue weighted by molar-refractivity contribution is 5.13. The molecule has 1 aliphatic rings. The molecule has 0 bridgehead atoms. The molecule has 1 saturated carbocycles. The Balaban J connectivity index is 2.91. The molecule has 1 unspecified atom stereocenters. The zero-order valence-corrected chi connectivity index (χ0v) is 8.32. The van der Waals surface area contributed by atoms with E-state index >= 15 is 0 Å². The molecule has 0 saturated heterocycles. The first-order chi connectivity index (χ1) is 5.72. The molecule has 13 heavy (non-hydrogen) atoms. The van der Waals surface area contributed by atoms with Crippen LogP contribution in [-0.4, -0.2) is 10.7 Å². The second-order valence-corrected chi connectivity index (χ2v) is 5.06. The van der Waals surface area contributed by atoms with E-state index in [0.29, 0.717) is 12.8 Å². The quantitative estimate of drug-likeness (QED) is 0.622. The zero-order chi connectivity index (χ0) is 10.3. The summed E-state index contributed by atoms with van der Waals surface area (Å²) in [5.74, 6) is 0. The van der Waals surface area contributed by atoms with Crippen molar-refractivity contribution < 1.29 is 13.9 Å². The van der Waals surface area contributed by atoms with E-state index in [1.54, 1.807) is 6.92 Å². The van der Waals surface area contributed by atoms with Gasteiger partial charge in [-0.2, -0.15) is 8.78 Å². The maximum absolute atomic E-state index is 12.4. The third-order valence-electron chi connectivity index (χ3n) is 2.41. The van der Waals surface area contributed by atoms with Gasteiger partial charge in [0.2, 0.25) is 0 Å². The van der Waals surface area contributed by atoms with Crippen LogP contribution in [-0.2, 0) is 0 Å². The van der Waals surface area contributed by atoms with E-state index in [2.05, 4.69) is 0 Å². The first-order valence-electron chi connectivity index (χ1n) is 4.47. The fourth-order valence-electron chi connectivity index (χ4n) is 2.39. The molecule has 0 spiro atoms. The first-order valence-corrected chi connectivity index (χ1v) is 4.47. The molecule has 0 heterocycles. The smallest absolute Gasteiger partial charge is 0.269 e. The molecule has 1 rings (SSSR count). The molecule has 3 heteroatoms. The number of hydrogen-bond donors (Lipinski definition) is 1. The van der Waals surface area contributed by atoms with Crippen molar-refractivity contribution in [3.8, 4) is 0 Å². The van der Waals surface area contributed by atoms with Crippen LogP contribution in [0.2, 0.25) is 0 Å². The summed E-state index contributed by atoms with van der Waals surface area (Å²) >= 11 is 0. The molecule has 0 aromatic heterocycles. The van der Waals surface area contributed by atoms with Crippen molar-refractivity contribution in [2.75, 3.05) is 0 Å². The normalized spacial score (nSPS) is 33.2. The Labute approximate surface area is 77.5 Å². The third-order valence-corrected chi connectivity index (χ3v) is 2.41. The summed E-state index contributed by atoms with van der Waals surface area (Å²) in [6.45, 7) is 5.43. The fraction of sp³-hybridized carbons (Fsp3) is 0.800. The van der Waals surface area contributed by atoms with Gasteiger partial charge in [-0.05, 0) is 30.8 Å². The summed E-state index contributed by atoms with van der Waals surface area (Å²) in [7, 11) is 0. The summed E-state index contributed by atoms with van der Waals surface area (Å²) in [6, 6.07) is 0. The Morgan fingerprint density at radius 1 is 1.23 bits per heavy atom. The molecule has 1 aliphatic carbocycles. The summed E-state index contributed by atoms with van der Waals surface area (Å²) in [6.07, 6.45) is -0.533. The molecule has 76 valence electrons. The van der Waals surface area contributed by atoms with Gasteiger partial charge in [-0.15, -0.1) is 0 Å². The molecular weight excluding hydrogens is 174 g/mol. The lowest BCUT2D eigenvalue weighted by Gasteiger charge is -2.40. The van der Waals surface area contributed by atoms with Gasteiger partial charge in [0.25, 0.3) is 6.08 Å². The van der Waals surface area contributed by atoms with Crippen LogP contribution in [0.3, 0.4) is 0 Å². The van der Waals surface area contributed by atoms with Crippen LogP contribution in [0, 0.1) is 5.41 Å². The van der Waals surface area contributed by atoms with Gasteiger partial charge < -0.3 is 5.11 Å². The average molecular weight is 190 g/mol. The monoisotopic (exact) mass is 190 g/mol. The lowest BCUT2D eigenvalue weighted by atomic mass is 9.68. The van der Waals surface area contributed by atoms with E-state index < -0.39 is 11.7 Å². The summed E-state index contributed by atoms with van der Waals surface area (Å²) in [5, 5.41) is 9.76. The lowest BCUT2D eigenvalue weighted by molar-refractivity contribution is -0.00571. The van der Waals surface area contributed by atoms with Gasteiger partial charge in [0.1, 0.15) is 0 Å². The lowest BCUT2D eigenvalue weighted by Crippen LogP contribution is -2.37. The van der Waals surface area contributed by atoms with E-state index in [1.807, 2.05) is 13.8 Å². The molecule has 0 aromatic carbocycles. The second kappa shape index (κ2) is 3.05. The van der Waals surface area contributed by atoms with Crippen LogP contribution in [0.15, 0.2) is 11.7 Å². The highest BCUT2D eigenvalue weighted by atomic mass is 19.3. The van der Waals surface area contributed by atoms with Crippen molar-refractivity contribution in [1.29, 1.82) is 0 Å². The molecule has 0 amide bonds. The van der Waals surface area contributed by atoms with Crippen LogP contribution in [0.1, 0.15) is 40.0 Å². The van der Waals surface area contributed by atoms with E-state index in [4.69, 9.17) is 0 Å². The molecule has 0 aliphatic heterocycles. The Morgan fingerprint density at radius 2 is 1.77 bits per heavy atom. The highest BCUT2D eigenvalue weighted by Crippen LogP contribution is 2.44. The van der Waals surface area contributed by atoms with E-state index in [0.717, 1.165) is 0 Å². The van der Waals surface area contributed by atoms with Crippen molar-refractivity contribution >= 4 is 0 Å². The van der Waals surface area contributed by atoms with Crippen molar-refractivity contribution in [3.05, 3.63) is 11.7 Å². The molecule has 1 atom stereocenters. The Morgan fingerprint density at radius 3 is 2.15 bits per heavy atom. The van der Waals surface area contributed by atoms with Gasteiger partial charge in [-0.3, -0.25) is 0 Å². The number of halogens is 2. The Hall–Kier alpha value is -0.440. The van der Waals surface area contributed by atoms with Crippen LogP contribution in [0.4, 0.5) is 8.78 Å². The van der Waals surface area contributed by atoms with Crippen molar-refractivity contribution in [2.24, 2.45) is 5.41 Å². The summed E-state index contributed by atoms with van der Waals surface area (Å²) < 4.78 is 24.8. The standard InChI is InChI=1S/C10H16F2O/c1-9(2)4-7(8(11)12)5-10(3,13)6-9/h13H,4-6H2,1-3H3. The molecule has 0 radical (unpaired) electrons. The van der Waals surface area contributed by atoms with Gasteiger partial charge >= 0.3 is 0 Å². The maximum Gasteiger partial charge on any atom is 0.269 e. The van der Waals surface area contributed by atoms with Crippen LogP contribution in [0.25, 0.3) is 0 Å². The van der Waals surface area contributed by atoms with Crippen LogP contribution in [0.5, 0.6) is 0 Å². The third kappa shape index (κ3) is 2.76. The number of hydrogen-bond acceptors (Lipinski definition) is 1. The van der Waals surface area contributed by atoms with Crippen molar-refractivity contribution in [1.82, 2.24) is 0 Å². The number of aliphatic hydroxyl groups is 1. The average Bonchev–Trinajstić information content (AvgIpc) is 1.79. The highest BCUT2D eigenvalue weighted by Gasteiger charge is 2.38. The van der Waals surface area contributed by atoms with Crippen molar-refractivity contribution in [3.63, 3.8) is 0 Å². The molecule has 1 fully saturated rings. The van der Waals surface area contributed by atoms with Gasteiger partial charge in [-0.25, -0.2) is 0 Å². The first kappa shape index (κ1) is 10.6. The molecular formula is C10H16F2O. The minimum absolute atomic E-state index is 0.110. The summed E-state index contributed by atoms with van der Waals surface area (Å²) in [5.41, 5.74) is -1.08. The van der Waals surface area contributed by atoms with E-state index in [1.165, 1.54) is 0 Å². The minimum atomic E-state index is -1.62. The zero-order valence-electron chi connectivity index (χ0n) is 8.32. The SMILES string of the molecule is CC1(C)CC(=C(F)F)CC(C)(O)C1. The number of rotatable bonds is 0. The maximum atomic E-state index is 12.4. The van der Waals surface area contributed by atoms with Gasteiger partial charge in [0.05, 0.1) is 5.60 Å². The van der Waals surface area contributed by atoms with E-state index in [-0.39, 0.29) is 17.4 Å². The van der Waals surface area contributed by atoms with Gasteiger partial charge in [-0.1, -0.05) is 13.8 Å². The van der Waals surface area contributed by atoms with E-state index in [9.17, 15) is 13.9 Å². The molecule has 1 N–H and O–H groups in total. The van der Waals surface area contributed by atoms with Gasteiger partial charge in [0.15, 0.2) is 0 Å². The predicted octanol–water partition coefficient (Wildman–Crippen LogP) is 3.10. The fourth-order valence-corrected chi connectivity index (χ4v) is 2.39. The predicted molar refractivity (Wildman–Crippen MR) is 47.5 cm³/mol. The van der Waals surface area contributed by atoms with Crippen LogP contribution < -0.4 is 0 Å².